The molecule has 1 aromatic rings. The second-order valence-corrected chi connectivity index (χ2v) is 8.51. The summed E-state index contributed by atoms with van der Waals surface area (Å²) in [6.07, 6.45) is 6.76. The number of nitrogens with one attached hydrogen (secondary N) is 1. The molecule has 3 rings (SSSR count). The number of amides is 1. The number of likely N-dealkylation sites (tertiary alicyclic amines) is 1. The molecule has 1 aliphatic heterocycles. The number of benzene rings is 1. The largest absolute Gasteiger partial charge is 0.352 e. The minimum Gasteiger partial charge on any atom is -0.352 e. The highest BCUT2D eigenvalue weighted by molar-refractivity contribution is 5.79. The van der Waals surface area contributed by atoms with Gasteiger partial charge in [0.2, 0.25) is 5.91 Å². The molecule has 2 aliphatic rings. The molecular weight excluding hydrogens is 296 g/mol. The average molecular weight is 329 g/mol. The highest BCUT2D eigenvalue weighted by atomic mass is 16.1. The van der Waals surface area contributed by atoms with E-state index in [1.165, 1.54) is 24.8 Å². The molecule has 1 atom stereocenters. The summed E-state index contributed by atoms with van der Waals surface area (Å²) in [6, 6.07) is 11.0. The highest BCUT2D eigenvalue weighted by Gasteiger charge is 2.32. The Hall–Kier alpha value is -1.35. The first kappa shape index (κ1) is 17.5. The zero-order valence-electron chi connectivity index (χ0n) is 15.3. The van der Waals surface area contributed by atoms with Gasteiger partial charge in [0, 0.05) is 25.0 Å². The maximum absolute atomic E-state index is 12.6. The van der Waals surface area contributed by atoms with Gasteiger partial charge in [-0.05, 0) is 56.0 Å². The van der Waals surface area contributed by atoms with Gasteiger partial charge in [-0.1, -0.05) is 44.2 Å². The lowest BCUT2D eigenvalue weighted by Crippen LogP contribution is -2.49. The minimum atomic E-state index is 0.238. The second-order valence-electron chi connectivity index (χ2n) is 8.51. The summed E-state index contributed by atoms with van der Waals surface area (Å²) in [5, 5.41) is 3.35. The molecule has 1 saturated heterocycles. The third kappa shape index (κ3) is 4.83. The van der Waals surface area contributed by atoms with Crippen LogP contribution in [-0.2, 0) is 11.3 Å². The number of hydrogen-bond donors (Lipinski definition) is 1. The van der Waals surface area contributed by atoms with Gasteiger partial charge < -0.3 is 5.32 Å². The topological polar surface area (TPSA) is 32.3 Å². The molecule has 2 fully saturated rings. The quantitative estimate of drug-likeness (QED) is 0.906. The van der Waals surface area contributed by atoms with Crippen LogP contribution < -0.4 is 5.32 Å². The Bertz CT molecular complexity index is 530. The van der Waals surface area contributed by atoms with E-state index in [9.17, 15) is 4.79 Å². The van der Waals surface area contributed by atoms with Crippen LogP contribution >= 0.6 is 0 Å². The number of piperidine rings is 1. The van der Waals surface area contributed by atoms with Crippen LogP contribution in [0.1, 0.15) is 57.9 Å². The van der Waals surface area contributed by atoms with Crippen molar-refractivity contribution in [2.75, 3.05) is 13.1 Å². The molecule has 0 spiro atoms. The number of rotatable bonds is 4. The lowest BCUT2D eigenvalue weighted by atomic mass is 9.73. The van der Waals surface area contributed by atoms with E-state index in [2.05, 4.69) is 54.4 Å². The molecule has 132 valence electrons. The molecule has 1 N–H and O–H groups in total. The molecule has 1 aliphatic carbocycles. The van der Waals surface area contributed by atoms with Crippen molar-refractivity contribution in [1.82, 2.24) is 10.2 Å². The summed E-state index contributed by atoms with van der Waals surface area (Å²) >= 11 is 0. The zero-order chi connectivity index (χ0) is 17.0. The van der Waals surface area contributed by atoms with Crippen LogP contribution in [0.15, 0.2) is 30.3 Å². The van der Waals surface area contributed by atoms with Crippen LogP contribution in [0.4, 0.5) is 0 Å². The van der Waals surface area contributed by atoms with E-state index in [1.807, 2.05) is 0 Å². The van der Waals surface area contributed by atoms with E-state index in [1.54, 1.807) is 0 Å². The van der Waals surface area contributed by atoms with Gasteiger partial charge in [0.1, 0.15) is 0 Å². The average Bonchev–Trinajstić information content (AvgIpc) is 2.56. The number of carbonyl (C=O) groups is 1. The van der Waals surface area contributed by atoms with Crippen molar-refractivity contribution in [3.8, 4) is 0 Å². The molecule has 0 radical (unpaired) electrons. The summed E-state index contributed by atoms with van der Waals surface area (Å²) in [4.78, 5) is 15.1. The Morgan fingerprint density at radius 3 is 2.58 bits per heavy atom. The molecule has 1 amide bonds. The Morgan fingerprint density at radius 2 is 1.88 bits per heavy atom. The summed E-state index contributed by atoms with van der Waals surface area (Å²) in [5.74, 6) is 0.541. The van der Waals surface area contributed by atoms with Gasteiger partial charge in [-0.3, -0.25) is 9.69 Å². The Balaban J connectivity index is 1.47. The second kappa shape index (κ2) is 7.69. The first-order valence-corrected chi connectivity index (χ1v) is 9.58. The lowest BCUT2D eigenvalue weighted by molar-refractivity contribution is -0.127. The van der Waals surface area contributed by atoms with Crippen molar-refractivity contribution in [2.24, 2.45) is 11.3 Å². The third-order valence-electron chi connectivity index (χ3n) is 5.81. The van der Waals surface area contributed by atoms with E-state index in [4.69, 9.17) is 0 Å². The number of carbonyl (C=O) groups excluding carboxylic acids is 1. The van der Waals surface area contributed by atoms with Crippen molar-refractivity contribution in [1.29, 1.82) is 0 Å². The van der Waals surface area contributed by atoms with Crippen molar-refractivity contribution in [3.63, 3.8) is 0 Å². The summed E-state index contributed by atoms with van der Waals surface area (Å²) in [6.45, 7) is 7.76. The molecule has 1 heterocycles. The first-order valence-electron chi connectivity index (χ1n) is 9.58. The number of nitrogens with zero attached hydrogens (tertiary/aromatic N) is 1. The first-order chi connectivity index (χ1) is 11.5. The summed E-state index contributed by atoms with van der Waals surface area (Å²) in [5.41, 5.74) is 1.78. The predicted molar refractivity (Wildman–Crippen MR) is 98.6 cm³/mol. The normalized spacial score (nSPS) is 25.3. The lowest BCUT2D eigenvalue weighted by Gasteiger charge is -2.36. The van der Waals surface area contributed by atoms with Gasteiger partial charge in [0.15, 0.2) is 0 Å². The zero-order valence-corrected chi connectivity index (χ0v) is 15.3. The third-order valence-corrected chi connectivity index (χ3v) is 5.81. The molecule has 24 heavy (non-hydrogen) atoms. The maximum Gasteiger partial charge on any atom is 0.223 e. The molecule has 3 heteroatoms. The van der Waals surface area contributed by atoms with E-state index < -0.39 is 0 Å². The van der Waals surface area contributed by atoms with E-state index >= 15 is 0 Å². The number of hydrogen-bond acceptors (Lipinski definition) is 2. The van der Waals surface area contributed by atoms with Crippen LogP contribution in [-0.4, -0.2) is 29.9 Å². The molecule has 1 unspecified atom stereocenters. The van der Waals surface area contributed by atoms with Crippen molar-refractivity contribution < 1.29 is 4.79 Å². The van der Waals surface area contributed by atoms with Crippen molar-refractivity contribution in [2.45, 2.75) is 65.0 Å². The van der Waals surface area contributed by atoms with Crippen molar-refractivity contribution in [3.05, 3.63) is 35.9 Å². The molecule has 3 nitrogen and oxygen atoms in total. The van der Waals surface area contributed by atoms with Gasteiger partial charge in [0.25, 0.3) is 0 Å². The van der Waals surface area contributed by atoms with Gasteiger partial charge >= 0.3 is 0 Å². The van der Waals surface area contributed by atoms with E-state index in [0.29, 0.717) is 17.4 Å². The molecular formula is C21H32N2O. The summed E-state index contributed by atoms with van der Waals surface area (Å²) in [7, 11) is 0. The van der Waals surface area contributed by atoms with Crippen LogP contribution in [0.3, 0.4) is 0 Å². The van der Waals surface area contributed by atoms with Crippen molar-refractivity contribution >= 4 is 5.91 Å². The Labute approximate surface area is 146 Å². The molecule has 0 aromatic heterocycles. The van der Waals surface area contributed by atoms with Gasteiger partial charge in [-0.15, -0.1) is 0 Å². The van der Waals surface area contributed by atoms with Gasteiger partial charge in [-0.2, -0.15) is 0 Å². The fourth-order valence-electron chi connectivity index (χ4n) is 4.14. The molecule has 0 bridgehead atoms. The standard InChI is InChI=1S/C21H32N2O/c1-21(2)12-10-18(11-13-21)20(24)22-19-9-6-14-23(16-19)15-17-7-4-3-5-8-17/h3-5,7-8,18-19H,6,9-16H2,1-2H3,(H,22,24). The van der Waals surface area contributed by atoms with Gasteiger partial charge in [-0.25, -0.2) is 0 Å². The van der Waals surface area contributed by atoms with Crippen LogP contribution in [0, 0.1) is 11.3 Å². The highest BCUT2D eigenvalue weighted by Crippen LogP contribution is 2.38. The smallest absolute Gasteiger partial charge is 0.223 e. The SMILES string of the molecule is CC1(C)CCC(C(=O)NC2CCCN(Cc3ccccc3)C2)CC1. The Kier molecular flexibility index (Phi) is 5.60. The van der Waals surface area contributed by atoms with Crippen LogP contribution in [0.25, 0.3) is 0 Å². The fourth-order valence-corrected chi connectivity index (χ4v) is 4.14. The maximum atomic E-state index is 12.6. The van der Waals surface area contributed by atoms with E-state index in [0.717, 1.165) is 38.9 Å². The summed E-state index contributed by atoms with van der Waals surface area (Å²) < 4.78 is 0. The van der Waals surface area contributed by atoms with E-state index in [-0.39, 0.29) is 5.92 Å². The monoisotopic (exact) mass is 328 g/mol. The molecule has 1 aromatic carbocycles. The van der Waals surface area contributed by atoms with Crippen LogP contribution in [0.5, 0.6) is 0 Å². The Morgan fingerprint density at radius 1 is 1.17 bits per heavy atom. The van der Waals surface area contributed by atoms with Crippen LogP contribution in [0.2, 0.25) is 0 Å². The fraction of sp³-hybridized carbons (Fsp3) is 0.667. The predicted octanol–water partition coefficient (Wildman–Crippen LogP) is 3.98. The molecule has 1 saturated carbocycles. The van der Waals surface area contributed by atoms with Gasteiger partial charge in [0.05, 0.1) is 0 Å². The minimum absolute atomic E-state index is 0.238.